The molecule has 152 valence electrons. The van der Waals surface area contributed by atoms with Crippen LogP contribution in [0.4, 0.5) is 0 Å². The first-order valence-electron chi connectivity index (χ1n) is 9.30. The van der Waals surface area contributed by atoms with Gasteiger partial charge in [0, 0.05) is 11.3 Å². The number of para-hydroxylation sites is 1. The minimum atomic E-state index is -1.47. The van der Waals surface area contributed by atoms with E-state index in [4.69, 9.17) is 9.47 Å². The summed E-state index contributed by atoms with van der Waals surface area (Å²) in [7, 11) is 0. The Bertz CT molecular complexity index is 751. The van der Waals surface area contributed by atoms with Gasteiger partial charge >= 0.3 is 0 Å². The van der Waals surface area contributed by atoms with E-state index in [-0.39, 0.29) is 0 Å². The van der Waals surface area contributed by atoms with Crippen molar-refractivity contribution in [1.82, 2.24) is 0 Å². The number of ether oxygens (including phenoxy) is 2. The Morgan fingerprint density at radius 1 is 0.964 bits per heavy atom. The van der Waals surface area contributed by atoms with Gasteiger partial charge in [0.15, 0.2) is 0 Å². The number of aliphatic hydroxyl groups is 4. The first kappa shape index (κ1) is 21.1. The zero-order valence-electron chi connectivity index (χ0n) is 15.6. The lowest BCUT2D eigenvalue weighted by Crippen LogP contribution is -2.60. The Kier molecular flexibility index (Phi) is 7.34. The van der Waals surface area contributed by atoms with Gasteiger partial charge in [0.05, 0.1) is 6.61 Å². The lowest BCUT2D eigenvalue weighted by molar-refractivity contribution is -0.277. The largest absolute Gasteiger partial charge is 0.462 e. The molecule has 1 fully saturated rings. The van der Waals surface area contributed by atoms with Crippen molar-refractivity contribution in [3.63, 3.8) is 0 Å². The fourth-order valence-corrected chi connectivity index (χ4v) is 3.81. The third kappa shape index (κ3) is 4.86. The van der Waals surface area contributed by atoms with E-state index in [1.165, 1.54) is 4.90 Å². The lowest BCUT2D eigenvalue weighted by atomic mass is 9.99. The molecular formula is C21H26O6S. The lowest BCUT2D eigenvalue weighted by Gasteiger charge is -2.39. The third-order valence-corrected chi connectivity index (χ3v) is 5.59. The van der Waals surface area contributed by atoms with Gasteiger partial charge in [-0.3, -0.25) is 0 Å². The molecular weight excluding hydrogens is 380 g/mol. The molecule has 4 N–H and O–H groups in total. The van der Waals surface area contributed by atoms with Crippen LogP contribution in [0.15, 0.2) is 53.4 Å². The molecule has 1 heterocycles. The van der Waals surface area contributed by atoms with Crippen LogP contribution in [0, 0.1) is 0 Å². The highest BCUT2D eigenvalue weighted by molar-refractivity contribution is 7.99. The van der Waals surface area contributed by atoms with E-state index in [0.29, 0.717) is 12.2 Å². The Morgan fingerprint density at radius 2 is 1.68 bits per heavy atom. The molecule has 0 aliphatic carbocycles. The molecule has 28 heavy (non-hydrogen) atoms. The SMILES string of the molecule is CCSc1ccc(Cc2ccccc2O[C@H]2O[C@H](CO)[C@@H](O)[C@H](O)[C@H]2O)cc1. The van der Waals surface area contributed by atoms with Gasteiger partial charge in [-0.25, -0.2) is 0 Å². The smallest absolute Gasteiger partial charge is 0.229 e. The third-order valence-electron chi connectivity index (χ3n) is 4.69. The van der Waals surface area contributed by atoms with Gasteiger partial charge in [-0.1, -0.05) is 37.3 Å². The second-order valence-corrected chi connectivity index (χ2v) is 8.01. The van der Waals surface area contributed by atoms with Gasteiger partial charge < -0.3 is 29.9 Å². The van der Waals surface area contributed by atoms with Crippen LogP contribution in [0.2, 0.25) is 0 Å². The maximum atomic E-state index is 10.2. The summed E-state index contributed by atoms with van der Waals surface area (Å²) in [6.45, 7) is 1.62. The molecule has 0 spiro atoms. The van der Waals surface area contributed by atoms with Gasteiger partial charge in [-0.2, -0.15) is 0 Å². The van der Waals surface area contributed by atoms with E-state index in [9.17, 15) is 20.4 Å². The Morgan fingerprint density at radius 3 is 2.36 bits per heavy atom. The second kappa shape index (κ2) is 9.73. The Balaban J connectivity index is 1.74. The van der Waals surface area contributed by atoms with Crippen molar-refractivity contribution >= 4 is 11.8 Å². The summed E-state index contributed by atoms with van der Waals surface area (Å²) < 4.78 is 11.3. The number of aliphatic hydroxyl groups excluding tert-OH is 4. The van der Waals surface area contributed by atoms with E-state index < -0.39 is 37.3 Å². The molecule has 2 aromatic carbocycles. The van der Waals surface area contributed by atoms with Gasteiger partial charge in [0.1, 0.15) is 30.2 Å². The average molecular weight is 407 g/mol. The van der Waals surface area contributed by atoms with E-state index in [0.717, 1.165) is 16.9 Å². The molecule has 2 aromatic rings. The van der Waals surface area contributed by atoms with Crippen LogP contribution >= 0.6 is 11.8 Å². The summed E-state index contributed by atoms with van der Waals surface area (Å²) in [4.78, 5) is 1.22. The summed E-state index contributed by atoms with van der Waals surface area (Å²) in [5.74, 6) is 1.54. The molecule has 1 aliphatic heterocycles. The van der Waals surface area contributed by atoms with Gasteiger partial charge in [0.25, 0.3) is 0 Å². The summed E-state index contributed by atoms with van der Waals surface area (Å²) >= 11 is 1.79. The number of rotatable bonds is 7. The van der Waals surface area contributed by atoms with Crippen LogP contribution in [-0.4, -0.2) is 63.5 Å². The molecule has 6 nitrogen and oxygen atoms in total. The van der Waals surface area contributed by atoms with Crippen molar-refractivity contribution in [2.24, 2.45) is 0 Å². The van der Waals surface area contributed by atoms with Gasteiger partial charge in [0.2, 0.25) is 6.29 Å². The molecule has 5 atom stereocenters. The van der Waals surface area contributed by atoms with Crippen LogP contribution in [0.5, 0.6) is 5.75 Å². The van der Waals surface area contributed by atoms with E-state index >= 15 is 0 Å². The molecule has 0 aromatic heterocycles. The first-order valence-corrected chi connectivity index (χ1v) is 10.3. The monoisotopic (exact) mass is 406 g/mol. The van der Waals surface area contributed by atoms with Crippen LogP contribution in [0.3, 0.4) is 0 Å². The van der Waals surface area contributed by atoms with Crippen molar-refractivity contribution < 1.29 is 29.9 Å². The van der Waals surface area contributed by atoms with E-state index in [1.807, 2.05) is 18.2 Å². The normalized spacial score (nSPS) is 27.5. The van der Waals surface area contributed by atoms with Crippen molar-refractivity contribution in [3.05, 3.63) is 59.7 Å². The van der Waals surface area contributed by atoms with Gasteiger partial charge in [-0.15, -0.1) is 11.8 Å². The molecule has 1 aliphatic rings. The number of hydrogen-bond acceptors (Lipinski definition) is 7. The number of hydrogen-bond donors (Lipinski definition) is 4. The predicted molar refractivity (Wildman–Crippen MR) is 106 cm³/mol. The van der Waals surface area contributed by atoms with Crippen LogP contribution in [0.1, 0.15) is 18.1 Å². The van der Waals surface area contributed by atoms with Crippen molar-refractivity contribution in [2.45, 2.75) is 48.9 Å². The van der Waals surface area contributed by atoms with E-state index in [1.54, 1.807) is 17.8 Å². The first-order chi connectivity index (χ1) is 13.5. The summed E-state index contributed by atoms with van der Waals surface area (Å²) in [5, 5.41) is 39.4. The minimum Gasteiger partial charge on any atom is -0.462 e. The Labute approximate surface area is 168 Å². The number of thioether (sulfide) groups is 1. The highest BCUT2D eigenvalue weighted by Crippen LogP contribution is 2.28. The molecule has 0 saturated carbocycles. The molecule has 3 rings (SSSR count). The summed E-state index contributed by atoms with van der Waals surface area (Å²) in [6, 6.07) is 15.7. The molecule has 0 radical (unpaired) electrons. The summed E-state index contributed by atoms with van der Waals surface area (Å²) in [6.07, 6.45) is -5.87. The molecule has 0 unspecified atom stereocenters. The zero-order valence-corrected chi connectivity index (χ0v) is 16.5. The van der Waals surface area contributed by atoms with Crippen molar-refractivity contribution in [3.8, 4) is 5.75 Å². The van der Waals surface area contributed by atoms with Gasteiger partial charge in [-0.05, 0) is 35.1 Å². The fraction of sp³-hybridized carbons (Fsp3) is 0.429. The molecule has 0 amide bonds. The maximum absolute atomic E-state index is 10.2. The predicted octanol–water partition coefficient (Wildman–Crippen LogP) is 1.57. The topological polar surface area (TPSA) is 99.4 Å². The van der Waals surface area contributed by atoms with Crippen LogP contribution < -0.4 is 4.74 Å². The quantitative estimate of drug-likeness (QED) is 0.518. The minimum absolute atomic E-state index is 0.491. The maximum Gasteiger partial charge on any atom is 0.229 e. The standard InChI is InChI=1S/C21H26O6S/c1-2-28-15-9-7-13(8-10-15)11-14-5-3-4-6-16(14)26-21-20(25)19(24)18(23)17(12-22)27-21/h3-10,17-25H,2,11-12H2,1H3/t17-,18-,19+,20-,21+/m1/s1. The number of benzene rings is 2. The van der Waals surface area contributed by atoms with Crippen LogP contribution in [-0.2, 0) is 11.2 Å². The van der Waals surface area contributed by atoms with Crippen molar-refractivity contribution in [1.29, 1.82) is 0 Å². The molecule has 1 saturated heterocycles. The zero-order chi connectivity index (χ0) is 20.1. The highest BCUT2D eigenvalue weighted by atomic mass is 32.2. The summed E-state index contributed by atoms with van der Waals surface area (Å²) in [5.41, 5.74) is 2.01. The van der Waals surface area contributed by atoms with Crippen LogP contribution in [0.25, 0.3) is 0 Å². The van der Waals surface area contributed by atoms with E-state index in [2.05, 4.69) is 31.2 Å². The molecule has 7 heteroatoms. The van der Waals surface area contributed by atoms with Crippen molar-refractivity contribution in [2.75, 3.05) is 12.4 Å². The Hall–Kier alpha value is -1.61. The molecule has 0 bridgehead atoms. The highest BCUT2D eigenvalue weighted by Gasteiger charge is 2.44. The fourth-order valence-electron chi connectivity index (χ4n) is 3.14. The average Bonchev–Trinajstić information content (AvgIpc) is 2.71. The second-order valence-electron chi connectivity index (χ2n) is 6.68.